The second-order valence-corrected chi connectivity index (χ2v) is 2.94. The van der Waals surface area contributed by atoms with Gasteiger partial charge in [0.15, 0.2) is 0 Å². The lowest BCUT2D eigenvalue weighted by Gasteiger charge is -2.26. The van der Waals surface area contributed by atoms with E-state index < -0.39 is 36.7 Å². The monoisotopic (exact) mass is 280 g/mol. The normalized spacial score (nSPS) is 13.7. The molecule has 18 heavy (non-hydrogen) atoms. The van der Waals surface area contributed by atoms with Crippen molar-refractivity contribution < 1.29 is 40.3 Å². The minimum Gasteiger partial charge on any atom is -0.458 e. The van der Waals surface area contributed by atoms with Crippen molar-refractivity contribution in [3.8, 4) is 0 Å². The van der Waals surface area contributed by atoms with Crippen LogP contribution in [0.15, 0.2) is 24.8 Å². The number of halogens is 7. The van der Waals surface area contributed by atoms with Crippen LogP contribution in [0.25, 0.3) is 0 Å². The van der Waals surface area contributed by atoms with Crippen molar-refractivity contribution in [2.75, 3.05) is 6.61 Å². The Labute approximate surface area is 96.7 Å². The molecule has 0 unspecified atom stereocenters. The highest BCUT2D eigenvalue weighted by Gasteiger charge is 2.71. The van der Waals surface area contributed by atoms with Gasteiger partial charge in [0.2, 0.25) is 0 Å². The van der Waals surface area contributed by atoms with Crippen LogP contribution < -0.4 is 0 Å². The van der Waals surface area contributed by atoms with Gasteiger partial charge in [0.25, 0.3) is 0 Å². The van der Waals surface area contributed by atoms with Crippen LogP contribution in [0.5, 0.6) is 0 Å². The molecule has 0 aliphatic heterocycles. The van der Waals surface area contributed by atoms with Crippen molar-refractivity contribution in [1.29, 1.82) is 0 Å². The quantitative estimate of drug-likeness (QED) is 0.342. The maximum atomic E-state index is 12.9. The van der Waals surface area contributed by atoms with Gasteiger partial charge in [0, 0.05) is 6.08 Å². The third kappa shape index (κ3) is 3.74. The van der Waals surface area contributed by atoms with Gasteiger partial charge in [-0.2, -0.15) is 26.3 Å². The summed E-state index contributed by atoms with van der Waals surface area (Å²) < 4.78 is 88.9. The van der Waals surface area contributed by atoms with E-state index in [9.17, 15) is 35.5 Å². The maximum Gasteiger partial charge on any atom is 0.435 e. The maximum absolute atomic E-state index is 12.9. The molecular formula is C9H7F7O2. The van der Waals surface area contributed by atoms with Gasteiger partial charge in [0.1, 0.15) is 6.61 Å². The summed E-state index contributed by atoms with van der Waals surface area (Å²) in [6.07, 6.45) is -12.3. The number of ether oxygens (including phenoxy) is 1. The molecule has 0 bridgehead atoms. The zero-order valence-corrected chi connectivity index (χ0v) is 8.61. The van der Waals surface area contributed by atoms with Gasteiger partial charge in [-0.3, -0.25) is 0 Å². The van der Waals surface area contributed by atoms with Gasteiger partial charge in [-0.05, 0) is 12.2 Å². The number of carbonyl (C=O) groups excluding carboxylic acids is 1. The molecule has 0 amide bonds. The number of alkyl halides is 7. The predicted molar refractivity (Wildman–Crippen MR) is 46.2 cm³/mol. The van der Waals surface area contributed by atoms with E-state index in [4.69, 9.17) is 0 Å². The summed E-state index contributed by atoms with van der Waals surface area (Å²) in [5.41, 5.74) is -5.49. The van der Waals surface area contributed by atoms with Crippen LogP contribution in [0.1, 0.15) is 0 Å². The van der Waals surface area contributed by atoms with Crippen LogP contribution in [0.4, 0.5) is 30.7 Å². The molecule has 0 aliphatic rings. The van der Waals surface area contributed by atoms with E-state index in [0.717, 1.165) is 0 Å². The first kappa shape index (κ1) is 16.5. The van der Waals surface area contributed by atoms with E-state index in [0.29, 0.717) is 6.08 Å². The molecule has 0 atom stereocenters. The molecule has 0 spiro atoms. The first-order chi connectivity index (χ1) is 7.95. The summed E-state index contributed by atoms with van der Waals surface area (Å²) in [6.45, 7) is 1.99. The first-order valence-corrected chi connectivity index (χ1v) is 4.25. The Morgan fingerprint density at radius 2 is 1.50 bits per heavy atom. The van der Waals surface area contributed by atoms with Gasteiger partial charge in [0.05, 0.1) is 0 Å². The van der Waals surface area contributed by atoms with Crippen molar-refractivity contribution >= 4 is 5.97 Å². The Hall–Kier alpha value is -1.54. The lowest BCUT2D eigenvalue weighted by atomic mass is 10.0. The standard InChI is InChI=1S/C9H7F7O2/c1-2-6(17)18-5-3-4-7(10,8(11,12)13)9(14,15)16/h2-4H,1,5H2. The molecule has 0 aromatic rings. The molecule has 0 saturated heterocycles. The fourth-order valence-corrected chi connectivity index (χ4v) is 0.749. The van der Waals surface area contributed by atoms with Gasteiger partial charge in [-0.1, -0.05) is 6.58 Å². The number of allylic oxidation sites excluding steroid dienone is 1. The molecule has 0 rings (SSSR count). The summed E-state index contributed by atoms with van der Waals surface area (Å²) in [5.74, 6) is -1.07. The third-order valence-corrected chi connectivity index (χ3v) is 1.66. The number of esters is 1. The summed E-state index contributed by atoms with van der Waals surface area (Å²) >= 11 is 0. The first-order valence-electron chi connectivity index (χ1n) is 4.25. The molecule has 2 nitrogen and oxygen atoms in total. The van der Waals surface area contributed by atoms with Crippen LogP contribution in [0.3, 0.4) is 0 Å². The Bertz CT molecular complexity index is 326. The van der Waals surface area contributed by atoms with Gasteiger partial charge in [-0.25, -0.2) is 9.18 Å². The molecule has 0 N–H and O–H groups in total. The van der Waals surface area contributed by atoms with Crippen LogP contribution in [0, 0.1) is 0 Å². The van der Waals surface area contributed by atoms with E-state index in [1.807, 2.05) is 0 Å². The summed E-state index contributed by atoms with van der Waals surface area (Å²) in [4.78, 5) is 10.4. The van der Waals surface area contributed by atoms with E-state index in [1.54, 1.807) is 0 Å². The van der Waals surface area contributed by atoms with Crippen molar-refractivity contribution in [3.05, 3.63) is 24.8 Å². The minimum absolute atomic E-state index is 0.113. The number of hydrogen-bond donors (Lipinski definition) is 0. The zero-order valence-electron chi connectivity index (χ0n) is 8.61. The predicted octanol–water partition coefficient (Wildman–Crippen LogP) is 3.10. The SMILES string of the molecule is C=CC(=O)OCC=CC(F)(C(F)(F)F)C(F)(F)F. The molecule has 0 fully saturated rings. The van der Waals surface area contributed by atoms with E-state index >= 15 is 0 Å². The molecule has 9 heteroatoms. The highest BCUT2D eigenvalue weighted by molar-refractivity contribution is 5.81. The van der Waals surface area contributed by atoms with Gasteiger partial charge in [-0.15, -0.1) is 0 Å². The Morgan fingerprint density at radius 1 is 1.06 bits per heavy atom. The summed E-state index contributed by atoms with van der Waals surface area (Å²) in [5, 5.41) is 0. The van der Waals surface area contributed by atoms with E-state index in [-0.39, 0.29) is 6.08 Å². The zero-order chi connectivity index (χ0) is 14.6. The number of rotatable bonds is 4. The molecule has 104 valence electrons. The third-order valence-electron chi connectivity index (χ3n) is 1.66. The molecule has 0 heterocycles. The summed E-state index contributed by atoms with van der Waals surface area (Å²) in [6, 6.07) is 0. The van der Waals surface area contributed by atoms with Gasteiger partial charge >= 0.3 is 24.0 Å². The Morgan fingerprint density at radius 3 is 1.83 bits per heavy atom. The summed E-state index contributed by atoms with van der Waals surface area (Å²) in [7, 11) is 0. The van der Waals surface area contributed by atoms with Crippen LogP contribution in [0.2, 0.25) is 0 Å². The lowest BCUT2D eigenvalue weighted by molar-refractivity contribution is -0.322. The molecule has 0 aromatic heterocycles. The fraction of sp³-hybridized carbons (Fsp3) is 0.444. The van der Waals surface area contributed by atoms with Crippen molar-refractivity contribution in [1.82, 2.24) is 0 Å². The van der Waals surface area contributed by atoms with E-state index in [2.05, 4.69) is 11.3 Å². The van der Waals surface area contributed by atoms with Crippen LogP contribution >= 0.6 is 0 Å². The average molecular weight is 280 g/mol. The van der Waals surface area contributed by atoms with Crippen molar-refractivity contribution in [2.45, 2.75) is 18.0 Å². The highest BCUT2D eigenvalue weighted by Crippen LogP contribution is 2.47. The second kappa shape index (κ2) is 5.40. The molecule has 0 aromatic carbocycles. The molecule has 0 aliphatic carbocycles. The topological polar surface area (TPSA) is 26.3 Å². The van der Waals surface area contributed by atoms with E-state index in [1.165, 1.54) is 0 Å². The largest absolute Gasteiger partial charge is 0.458 e. The van der Waals surface area contributed by atoms with Crippen LogP contribution in [-0.2, 0) is 9.53 Å². The Balaban J connectivity index is 4.89. The van der Waals surface area contributed by atoms with Crippen molar-refractivity contribution in [2.24, 2.45) is 0 Å². The Kier molecular flexibility index (Phi) is 4.94. The lowest BCUT2D eigenvalue weighted by Crippen LogP contribution is -2.51. The number of carbonyl (C=O) groups is 1. The smallest absolute Gasteiger partial charge is 0.435 e. The minimum atomic E-state index is -6.16. The second-order valence-electron chi connectivity index (χ2n) is 2.94. The number of hydrogen-bond acceptors (Lipinski definition) is 2. The van der Waals surface area contributed by atoms with Gasteiger partial charge < -0.3 is 4.74 Å². The fourth-order valence-electron chi connectivity index (χ4n) is 0.749. The molecule has 0 saturated carbocycles. The van der Waals surface area contributed by atoms with Crippen LogP contribution in [-0.4, -0.2) is 30.6 Å². The molecule has 0 radical (unpaired) electrons. The van der Waals surface area contributed by atoms with Crippen molar-refractivity contribution in [3.63, 3.8) is 0 Å². The molecular weight excluding hydrogens is 273 g/mol. The average Bonchev–Trinajstić information content (AvgIpc) is 2.20. The highest BCUT2D eigenvalue weighted by atomic mass is 19.4.